The second kappa shape index (κ2) is 8.18. The van der Waals surface area contributed by atoms with Gasteiger partial charge in [0.25, 0.3) is 0 Å². The van der Waals surface area contributed by atoms with Crippen molar-refractivity contribution in [3.05, 3.63) is 29.8 Å². The first-order valence-electron chi connectivity index (χ1n) is 7.11. The van der Waals surface area contributed by atoms with E-state index in [0.29, 0.717) is 5.92 Å². The Morgan fingerprint density at radius 3 is 2.26 bits per heavy atom. The van der Waals surface area contributed by atoms with Crippen LogP contribution < -0.4 is 10.6 Å². The van der Waals surface area contributed by atoms with Crippen LogP contribution in [0.2, 0.25) is 0 Å². The lowest BCUT2D eigenvalue weighted by Gasteiger charge is -2.26. The normalized spacial score (nSPS) is 12.7. The minimum Gasteiger partial charge on any atom is -0.383 e. The van der Waals surface area contributed by atoms with Crippen molar-refractivity contribution in [3.63, 3.8) is 0 Å². The number of hydrogen-bond donors (Lipinski definition) is 1. The zero-order valence-corrected chi connectivity index (χ0v) is 12.7. The number of nitrogens with two attached hydrogens (primary N) is 1. The van der Waals surface area contributed by atoms with Crippen LogP contribution in [0.1, 0.15) is 26.3 Å². The maximum absolute atomic E-state index is 5.83. The molecule has 1 rings (SSSR count). The summed E-state index contributed by atoms with van der Waals surface area (Å²) in [6, 6.07) is 8.95. The minimum absolute atomic E-state index is 0.214. The van der Waals surface area contributed by atoms with Crippen molar-refractivity contribution >= 4 is 5.69 Å². The molecular weight excluding hydrogens is 236 g/mol. The predicted octanol–water partition coefficient (Wildman–Crippen LogP) is 2.69. The van der Waals surface area contributed by atoms with Crippen LogP contribution in [0, 0.1) is 5.92 Å². The molecule has 1 atom stereocenters. The molecule has 0 aromatic heterocycles. The van der Waals surface area contributed by atoms with Gasteiger partial charge in [0.2, 0.25) is 0 Å². The van der Waals surface area contributed by atoms with E-state index in [0.717, 1.165) is 26.1 Å². The quantitative estimate of drug-likeness (QED) is 0.784. The highest BCUT2D eigenvalue weighted by Crippen LogP contribution is 2.17. The third kappa shape index (κ3) is 6.08. The number of anilines is 1. The van der Waals surface area contributed by atoms with Gasteiger partial charge in [0.05, 0.1) is 6.61 Å². The van der Waals surface area contributed by atoms with Crippen molar-refractivity contribution in [1.82, 2.24) is 0 Å². The van der Waals surface area contributed by atoms with Crippen LogP contribution in [0.15, 0.2) is 24.3 Å². The smallest absolute Gasteiger partial charge is 0.0637 e. The van der Waals surface area contributed by atoms with Gasteiger partial charge in [-0.05, 0) is 37.0 Å². The van der Waals surface area contributed by atoms with Crippen LogP contribution in [0.4, 0.5) is 5.69 Å². The summed E-state index contributed by atoms with van der Waals surface area (Å²) < 4.78 is 5.19. The lowest BCUT2D eigenvalue weighted by molar-refractivity contribution is 0.204. The van der Waals surface area contributed by atoms with Crippen molar-refractivity contribution < 1.29 is 4.74 Å². The molecule has 19 heavy (non-hydrogen) atoms. The van der Waals surface area contributed by atoms with Crippen LogP contribution in [-0.4, -0.2) is 32.8 Å². The molecule has 1 aromatic carbocycles. The Hall–Kier alpha value is -1.06. The van der Waals surface area contributed by atoms with Crippen molar-refractivity contribution in [2.24, 2.45) is 11.7 Å². The molecule has 0 radical (unpaired) electrons. The summed E-state index contributed by atoms with van der Waals surface area (Å²) in [4.78, 5) is 2.38. The van der Waals surface area contributed by atoms with E-state index in [2.05, 4.69) is 43.0 Å². The minimum atomic E-state index is 0.214. The molecule has 1 aromatic rings. The Balaban J connectivity index is 2.72. The van der Waals surface area contributed by atoms with Crippen LogP contribution in [-0.2, 0) is 11.2 Å². The van der Waals surface area contributed by atoms with Crippen molar-refractivity contribution in [1.29, 1.82) is 0 Å². The van der Waals surface area contributed by atoms with Crippen molar-refractivity contribution in [2.45, 2.75) is 33.2 Å². The van der Waals surface area contributed by atoms with Gasteiger partial charge in [-0.15, -0.1) is 0 Å². The molecular formula is C16H28N2O. The number of benzene rings is 1. The van der Waals surface area contributed by atoms with E-state index in [1.165, 1.54) is 11.3 Å². The maximum atomic E-state index is 5.83. The second-order valence-electron chi connectivity index (χ2n) is 5.68. The fraction of sp³-hybridized carbons (Fsp3) is 0.625. The highest BCUT2D eigenvalue weighted by Gasteiger charge is 2.08. The highest BCUT2D eigenvalue weighted by molar-refractivity contribution is 5.47. The van der Waals surface area contributed by atoms with Gasteiger partial charge in [-0.1, -0.05) is 26.0 Å². The fourth-order valence-corrected chi connectivity index (χ4v) is 2.18. The van der Waals surface area contributed by atoms with Gasteiger partial charge >= 0.3 is 0 Å². The van der Waals surface area contributed by atoms with Crippen LogP contribution in [0.25, 0.3) is 0 Å². The third-order valence-corrected chi connectivity index (χ3v) is 3.01. The first kappa shape index (κ1) is 16.0. The average Bonchev–Trinajstić information content (AvgIpc) is 2.34. The van der Waals surface area contributed by atoms with E-state index in [4.69, 9.17) is 10.5 Å². The topological polar surface area (TPSA) is 38.5 Å². The van der Waals surface area contributed by atoms with Gasteiger partial charge in [0.15, 0.2) is 0 Å². The molecule has 108 valence electrons. The van der Waals surface area contributed by atoms with Gasteiger partial charge in [-0.2, -0.15) is 0 Å². The van der Waals surface area contributed by atoms with Gasteiger partial charge < -0.3 is 15.4 Å². The molecule has 0 aliphatic carbocycles. The van der Waals surface area contributed by atoms with E-state index >= 15 is 0 Å². The van der Waals surface area contributed by atoms with Crippen LogP contribution in [0.3, 0.4) is 0 Å². The summed E-state index contributed by atoms with van der Waals surface area (Å²) in [5.74, 6) is 0.639. The zero-order valence-electron chi connectivity index (χ0n) is 12.7. The van der Waals surface area contributed by atoms with Gasteiger partial charge in [-0.25, -0.2) is 0 Å². The summed E-state index contributed by atoms with van der Waals surface area (Å²) in [5.41, 5.74) is 8.39. The molecule has 2 N–H and O–H groups in total. The molecule has 0 saturated heterocycles. The molecule has 0 spiro atoms. The molecule has 0 saturated carbocycles. The van der Waals surface area contributed by atoms with Crippen molar-refractivity contribution in [3.8, 4) is 0 Å². The predicted molar refractivity (Wildman–Crippen MR) is 82.7 cm³/mol. The molecule has 0 aliphatic heterocycles. The lowest BCUT2D eigenvalue weighted by Crippen LogP contribution is -2.30. The number of ether oxygens (including phenoxy) is 1. The van der Waals surface area contributed by atoms with Crippen LogP contribution >= 0.6 is 0 Å². The zero-order chi connectivity index (χ0) is 14.3. The second-order valence-corrected chi connectivity index (χ2v) is 5.68. The van der Waals surface area contributed by atoms with E-state index < -0.39 is 0 Å². The SMILES string of the molecule is COCCN(CC(C)C)c1ccc(CC(C)N)cc1. The Morgan fingerprint density at radius 2 is 1.79 bits per heavy atom. The lowest BCUT2D eigenvalue weighted by atomic mass is 10.1. The molecule has 1 unspecified atom stereocenters. The Labute approximate surface area is 117 Å². The summed E-state index contributed by atoms with van der Waals surface area (Å²) in [6.45, 7) is 9.26. The molecule has 3 heteroatoms. The van der Waals surface area contributed by atoms with E-state index in [1.807, 2.05) is 6.92 Å². The van der Waals surface area contributed by atoms with Gasteiger partial charge in [-0.3, -0.25) is 0 Å². The fourth-order valence-electron chi connectivity index (χ4n) is 2.18. The van der Waals surface area contributed by atoms with E-state index in [1.54, 1.807) is 7.11 Å². The highest BCUT2D eigenvalue weighted by atomic mass is 16.5. The molecule has 0 heterocycles. The number of methoxy groups -OCH3 is 1. The Bertz CT molecular complexity index is 346. The molecule has 0 bridgehead atoms. The Morgan fingerprint density at radius 1 is 1.16 bits per heavy atom. The standard InChI is InChI=1S/C16H28N2O/c1-13(2)12-18(9-10-19-4)16-7-5-15(6-8-16)11-14(3)17/h5-8,13-14H,9-12,17H2,1-4H3. The maximum Gasteiger partial charge on any atom is 0.0637 e. The van der Waals surface area contributed by atoms with E-state index in [9.17, 15) is 0 Å². The average molecular weight is 264 g/mol. The van der Waals surface area contributed by atoms with Crippen molar-refractivity contribution in [2.75, 3.05) is 31.7 Å². The number of hydrogen-bond acceptors (Lipinski definition) is 3. The number of nitrogens with zero attached hydrogens (tertiary/aromatic N) is 1. The van der Waals surface area contributed by atoms with Gasteiger partial charge in [0, 0.05) is 31.9 Å². The summed E-state index contributed by atoms with van der Waals surface area (Å²) in [5, 5.41) is 0. The molecule has 0 amide bonds. The van der Waals surface area contributed by atoms with E-state index in [-0.39, 0.29) is 6.04 Å². The summed E-state index contributed by atoms with van der Waals surface area (Å²) in [6.07, 6.45) is 0.933. The third-order valence-electron chi connectivity index (χ3n) is 3.01. The summed E-state index contributed by atoms with van der Waals surface area (Å²) >= 11 is 0. The Kier molecular flexibility index (Phi) is 6.89. The molecule has 3 nitrogen and oxygen atoms in total. The van der Waals surface area contributed by atoms with Gasteiger partial charge in [0.1, 0.15) is 0 Å². The largest absolute Gasteiger partial charge is 0.383 e. The first-order chi connectivity index (χ1) is 9.02. The molecule has 0 aliphatic rings. The van der Waals surface area contributed by atoms with Crippen LogP contribution in [0.5, 0.6) is 0 Å². The number of rotatable bonds is 8. The summed E-state index contributed by atoms with van der Waals surface area (Å²) in [7, 11) is 1.75. The monoisotopic (exact) mass is 264 g/mol. The molecule has 0 fully saturated rings. The first-order valence-corrected chi connectivity index (χ1v) is 7.11.